The summed E-state index contributed by atoms with van der Waals surface area (Å²) in [5, 5.41) is 18.7. The molecule has 0 aliphatic rings. The number of anilines is 1. The van der Waals surface area contributed by atoms with Crippen LogP contribution in [-0.2, 0) is 6.73 Å². The first-order chi connectivity index (χ1) is 16.4. The van der Waals surface area contributed by atoms with Crippen molar-refractivity contribution in [2.45, 2.75) is 13.7 Å². The lowest BCUT2D eigenvalue weighted by atomic mass is 10.2. The highest BCUT2D eigenvalue weighted by Crippen LogP contribution is 2.30. The lowest BCUT2D eigenvalue weighted by molar-refractivity contribution is -0.384. The molecule has 1 aromatic heterocycles. The van der Waals surface area contributed by atoms with E-state index < -0.39 is 10.8 Å². The summed E-state index contributed by atoms with van der Waals surface area (Å²) in [6.07, 6.45) is 1.58. The van der Waals surface area contributed by atoms with Crippen LogP contribution in [0.15, 0.2) is 79.0 Å². The van der Waals surface area contributed by atoms with E-state index in [0.717, 1.165) is 5.56 Å². The number of hydrogen-bond donors (Lipinski definition) is 1. The highest BCUT2D eigenvalue weighted by atomic mass is 35.5. The van der Waals surface area contributed by atoms with E-state index in [1.807, 2.05) is 19.1 Å². The fourth-order valence-corrected chi connectivity index (χ4v) is 3.19. The van der Waals surface area contributed by atoms with Gasteiger partial charge in [-0.1, -0.05) is 35.4 Å². The number of hydrogen-bond acceptors (Lipinski definition) is 6. The van der Waals surface area contributed by atoms with E-state index >= 15 is 0 Å². The summed E-state index contributed by atoms with van der Waals surface area (Å²) < 4.78 is 12.8. The molecule has 0 aliphatic heterocycles. The molecule has 0 unspecified atom stereocenters. The number of non-ortho nitro benzene ring substituents is 1. The van der Waals surface area contributed by atoms with Crippen molar-refractivity contribution in [3.63, 3.8) is 0 Å². The monoisotopic (exact) mass is 478 g/mol. The molecule has 0 aliphatic carbocycles. The van der Waals surface area contributed by atoms with Crippen LogP contribution in [0, 0.1) is 17.0 Å². The van der Waals surface area contributed by atoms with Crippen LogP contribution < -0.4 is 14.8 Å². The number of rotatable bonds is 8. The van der Waals surface area contributed by atoms with Crippen molar-refractivity contribution in [1.29, 1.82) is 0 Å². The molecule has 1 N–H and O–H groups in total. The maximum absolute atomic E-state index is 12.7. The van der Waals surface area contributed by atoms with Gasteiger partial charge in [0.1, 0.15) is 17.2 Å². The Morgan fingerprint density at radius 3 is 2.59 bits per heavy atom. The lowest BCUT2D eigenvalue weighted by Crippen LogP contribution is -2.14. The predicted octanol–water partition coefficient (Wildman–Crippen LogP) is 5.83. The van der Waals surface area contributed by atoms with E-state index in [0.29, 0.717) is 16.5 Å². The van der Waals surface area contributed by atoms with Crippen molar-refractivity contribution in [2.24, 2.45) is 0 Å². The van der Waals surface area contributed by atoms with Gasteiger partial charge in [-0.3, -0.25) is 14.9 Å². The summed E-state index contributed by atoms with van der Waals surface area (Å²) in [7, 11) is 0. The van der Waals surface area contributed by atoms with Gasteiger partial charge in [0.05, 0.1) is 16.7 Å². The molecule has 0 spiro atoms. The van der Waals surface area contributed by atoms with Gasteiger partial charge >= 0.3 is 0 Å². The zero-order chi connectivity index (χ0) is 24.1. The third kappa shape index (κ3) is 5.90. The summed E-state index contributed by atoms with van der Waals surface area (Å²) in [4.78, 5) is 23.5. The van der Waals surface area contributed by atoms with Gasteiger partial charge < -0.3 is 14.8 Å². The molecule has 9 nitrogen and oxygen atoms in total. The van der Waals surface area contributed by atoms with Crippen molar-refractivity contribution in [2.75, 3.05) is 5.32 Å². The number of carbonyl (C=O) groups is 1. The topological polar surface area (TPSA) is 109 Å². The quantitative estimate of drug-likeness (QED) is 0.252. The normalized spacial score (nSPS) is 10.5. The molecule has 1 heterocycles. The highest BCUT2D eigenvalue weighted by Gasteiger charge is 2.15. The van der Waals surface area contributed by atoms with Gasteiger partial charge in [-0.05, 0) is 43.3 Å². The van der Waals surface area contributed by atoms with Crippen LogP contribution in [0.2, 0.25) is 5.02 Å². The standard InChI is InChI=1S/C24H19ClN4O5/c1-16-5-7-20(8-6-16)34-22-13-18(12-19(14-22)29(31)32)26-24(30)23-9-10-28(27-23)15-33-21-4-2-3-17(25)11-21/h2-14H,15H2,1H3,(H,26,30). The molecule has 10 heteroatoms. The zero-order valence-corrected chi connectivity index (χ0v) is 18.7. The van der Waals surface area contributed by atoms with Crippen LogP contribution in [0.1, 0.15) is 16.1 Å². The molecule has 0 radical (unpaired) electrons. The van der Waals surface area contributed by atoms with Crippen LogP contribution in [0.3, 0.4) is 0 Å². The number of nitro benzene ring substituents is 1. The number of aromatic nitrogens is 2. The van der Waals surface area contributed by atoms with E-state index in [1.165, 1.54) is 28.9 Å². The third-order valence-corrected chi connectivity index (χ3v) is 4.88. The summed E-state index contributed by atoms with van der Waals surface area (Å²) in [6, 6.07) is 19.7. The molecular weight excluding hydrogens is 460 g/mol. The summed E-state index contributed by atoms with van der Waals surface area (Å²) in [5.74, 6) is 0.755. The molecule has 0 saturated heterocycles. The van der Waals surface area contributed by atoms with Gasteiger partial charge in [-0.15, -0.1) is 0 Å². The van der Waals surface area contributed by atoms with Gasteiger partial charge in [-0.2, -0.15) is 5.10 Å². The van der Waals surface area contributed by atoms with Gasteiger partial charge in [0.2, 0.25) is 0 Å². The average molecular weight is 479 g/mol. The minimum Gasteiger partial charge on any atom is -0.471 e. The van der Waals surface area contributed by atoms with Crippen LogP contribution in [0.4, 0.5) is 11.4 Å². The smallest absolute Gasteiger partial charge is 0.276 e. The number of nitrogens with one attached hydrogen (secondary N) is 1. The first kappa shape index (κ1) is 22.8. The highest BCUT2D eigenvalue weighted by molar-refractivity contribution is 6.30. The summed E-state index contributed by atoms with van der Waals surface area (Å²) >= 11 is 5.94. The number of carbonyl (C=O) groups excluding carboxylic acids is 1. The third-order valence-electron chi connectivity index (χ3n) is 4.65. The Morgan fingerprint density at radius 2 is 1.85 bits per heavy atom. The Balaban J connectivity index is 1.46. The Hall–Kier alpha value is -4.37. The average Bonchev–Trinajstić information content (AvgIpc) is 3.28. The van der Waals surface area contributed by atoms with Crippen molar-refractivity contribution < 1.29 is 19.2 Å². The van der Waals surface area contributed by atoms with E-state index in [1.54, 1.807) is 42.6 Å². The van der Waals surface area contributed by atoms with Gasteiger partial charge in [0, 0.05) is 23.4 Å². The number of nitro groups is 1. The number of ether oxygens (including phenoxy) is 2. The number of aryl methyl sites for hydroxylation is 1. The second-order valence-electron chi connectivity index (χ2n) is 7.31. The van der Waals surface area contributed by atoms with Crippen molar-refractivity contribution >= 4 is 28.9 Å². The maximum Gasteiger partial charge on any atom is 0.276 e. The second-order valence-corrected chi connectivity index (χ2v) is 7.75. The Labute approximate surface area is 199 Å². The van der Waals surface area contributed by atoms with E-state index in [9.17, 15) is 14.9 Å². The minimum atomic E-state index is -0.556. The minimum absolute atomic E-state index is 0.0684. The molecule has 4 aromatic rings. The Morgan fingerprint density at radius 1 is 1.06 bits per heavy atom. The van der Waals surface area contributed by atoms with Crippen molar-refractivity contribution in [3.8, 4) is 17.2 Å². The number of halogens is 1. The van der Waals surface area contributed by atoms with Crippen LogP contribution in [0.25, 0.3) is 0 Å². The molecule has 0 bridgehead atoms. The number of amides is 1. The molecule has 4 rings (SSSR count). The largest absolute Gasteiger partial charge is 0.471 e. The van der Waals surface area contributed by atoms with Crippen LogP contribution in [-0.4, -0.2) is 20.6 Å². The maximum atomic E-state index is 12.7. The van der Waals surface area contributed by atoms with Crippen LogP contribution in [0.5, 0.6) is 17.2 Å². The predicted molar refractivity (Wildman–Crippen MR) is 127 cm³/mol. The number of nitrogens with zero attached hydrogens (tertiary/aromatic N) is 3. The van der Waals surface area contributed by atoms with E-state index in [4.69, 9.17) is 21.1 Å². The summed E-state index contributed by atoms with van der Waals surface area (Å²) in [5.41, 5.74) is 1.14. The van der Waals surface area contributed by atoms with Gasteiger partial charge in [0.15, 0.2) is 12.4 Å². The molecule has 1 amide bonds. The van der Waals surface area contributed by atoms with E-state index in [2.05, 4.69) is 10.4 Å². The fraction of sp³-hybridized carbons (Fsp3) is 0.0833. The van der Waals surface area contributed by atoms with E-state index in [-0.39, 0.29) is 29.5 Å². The molecule has 34 heavy (non-hydrogen) atoms. The van der Waals surface area contributed by atoms with Gasteiger partial charge in [-0.25, -0.2) is 4.68 Å². The van der Waals surface area contributed by atoms with Crippen LogP contribution >= 0.6 is 11.6 Å². The first-order valence-electron chi connectivity index (χ1n) is 10.1. The van der Waals surface area contributed by atoms with Crippen molar-refractivity contribution in [1.82, 2.24) is 9.78 Å². The summed E-state index contributed by atoms with van der Waals surface area (Å²) in [6.45, 7) is 2.01. The molecule has 0 fully saturated rings. The molecule has 0 atom stereocenters. The molecule has 172 valence electrons. The SMILES string of the molecule is Cc1ccc(Oc2cc(NC(=O)c3ccn(COc4cccc(Cl)c4)n3)cc([N+](=O)[O-])c2)cc1. The molecule has 0 saturated carbocycles. The van der Waals surface area contributed by atoms with Gasteiger partial charge in [0.25, 0.3) is 11.6 Å². The molecular formula is C24H19ClN4O5. The Kier molecular flexibility index (Phi) is 6.74. The fourth-order valence-electron chi connectivity index (χ4n) is 3.01. The first-order valence-corrected chi connectivity index (χ1v) is 10.5. The zero-order valence-electron chi connectivity index (χ0n) is 18.0. The lowest BCUT2D eigenvalue weighted by Gasteiger charge is -2.09. The number of benzene rings is 3. The van der Waals surface area contributed by atoms with Crippen molar-refractivity contribution in [3.05, 3.63) is 105 Å². The molecule has 3 aromatic carbocycles. The Bertz CT molecular complexity index is 1340. The second kappa shape index (κ2) is 10.1.